The standard InChI is InChI=1S/C22H36N3O6PS/c1-4-29-32(27,30-18-28-22(26)31-19(2)3)17-25-14-12-24(13-15-25)11-10-20(23)16-33-21-8-6-5-7-9-21/h5-9,19,23H,4,10-18H2,1-3H3. The summed E-state index contributed by atoms with van der Waals surface area (Å²) in [5.41, 5.74) is 0.733. The second-order valence-electron chi connectivity index (χ2n) is 7.89. The maximum Gasteiger partial charge on any atom is 0.510 e. The third-order valence-electron chi connectivity index (χ3n) is 4.81. The van der Waals surface area contributed by atoms with Crippen molar-refractivity contribution < 1.29 is 27.9 Å². The number of benzene rings is 1. The average Bonchev–Trinajstić information content (AvgIpc) is 2.77. The smallest absolute Gasteiger partial charge is 0.432 e. The van der Waals surface area contributed by atoms with E-state index in [1.807, 2.05) is 23.1 Å². The molecule has 9 nitrogen and oxygen atoms in total. The number of piperazine rings is 1. The van der Waals surface area contributed by atoms with E-state index in [0.29, 0.717) is 5.75 Å². The topological polar surface area (TPSA) is 101 Å². The van der Waals surface area contributed by atoms with Gasteiger partial charge in [-0.1, -0.05) is 18.2 Å². The van der Waals surface area contributed by atoms with E-state index in [-0.39, 0.29) is 19.0 Å². The van der Waals surface area contributed by atoms with Crippen molar-refractivity contribution in [1.29, 1.82) is 5.41 Å². The van der Waals surface area contributed by atoms with Crippen LogP contribution in [0.3, 0.4) is 0 Å². The summed E-state index contributed by atoms with van der Waals surface area (Å²) in [6, 6.07) is 10.1. The number of hydrogen-bond acceptors (Lipinski definition) is 10. The Morgan fingerprint density at radius 1 is 1.12 bits per heavy atom. The third kappa shape index (κ3) is 11.5. The van der Waals surface area contributed by atoms with Gasteiger partial charge in [-0.05, 0) is 39.3 Å². The Balaban J connectivity index is 1.67. The molecule has 1 unspecified atom stereocenters. The van der Waals surface area contributed by atoms with Crippen LogP contribution in [0, 0.1) is 5.41 Å². The molecule has 1 aliphatic heterocycles. The molecule has 11 heteroatoms. The minimum atomic E-state index is -3.43. The normalized spacial score (nSPS) is 17.0. The van der Waals surface area contributed by atoms with E-state index in [2.05, 4.69) is 17.0 Å². The van der Waals surface area contributed by atoms with Crippen molar-refractivity contribution in [3.8, 4) is 0 Å². The Labute approximate surface area is 201 Å². The molecule has 0 radical (unpaired) electrons. The molecule has 1 saturated heterocycles. The molecule has 1 aromatic rings. The third-order valence-corrected chi connectivity index (χ3v) is 7.80. The molecule has 1 aromatic carbocycles. The van der Waals surface area contributed by atoms with Crippen molar-refractivity contribution in [3.63, 3.8) is 0 Å². The van der Waals surface area contributed by atoms with Crippen LogP contribution in [0.1, 0.15) is 27.2 Å². The van der Waals surface area contributed by atoms with Gasteiger partial charge in [0.25, 0.3) is 0 Å². The van der Waals surface area contributed by atoms with E-state index in [1.165, 1.54) is 4.90 Å². The first-order valence-electron chi connectivity index (χ1n) is 11.2. The molecule has 1 heterocycles. The molecule has 2 rings (SSSR count). The summed E-state index contributed by atoms with van der Waals surface area (Å²) in [4.78, 5) is 17.0. The van der Waals surface area contributed by atoms with Crippen LogP contribution in [0.2, 0.25) is 0 Å². The molecular weight excluding hydrogens is 465 g/mol. The molecule has 1 aliphatic rings. The first-order chi connectivity index (χ1) is 15.8. The molecule has 0 aromatic heterocycles. The number of nitrogens with one attached hydrogen (secondary N) is 1. The van der Waals surface area contributed by atoms with Gasteiger partial charge in [-0.3, -0.25) is 14.0 Å². The Kier molecular flexibility index (Phi) is 12.4. The molecular formula is C22H36N3O6PS. The summed E-state index contributed by atoms with van der Waals surface area (Å²) >= 11 is 1.69. The monoisotopic (exact) mass is 501 g/mol. The van der Waals surface area contributed by atoms with E-state index in [0.717, 1.165) is 44.9 Å². The minimum absolute atomic E-state index is 0.140. The Hall–Kier alpha value is -1.42. The molecule has 0 bridgehead atoms. The van der Waals surface area contributed by atoms with E-state index in [4.69, 9.17) is 23.9 Å². The van der Waals surface area contributed by atoms with Crippen LogP contribution in [0.4, 0.5) is 4.79 Å². The van der Waals surface area contributed by atoms with Crippen molar-refractivity contribution in [3.05, 3.63) is 30.3 Å². The molecule has 1 fully saturated rings. The van der Waals surface area contributed by atoms with Crippen LogP contribution in [-0.2, 0) is 23.1 Å². The predicted molar refractivity (Wildman–Crippen MR) is 130 cm³/mol. The lowest BCUT2D eigenvalue weighted by Gasteiger charge is -2.35. The maximum atomic E-state index is 13.0. The van der Waals surface area contributed by atoms with Gasteiger partial charge in [0.1, 0.15) is 6.29 Å². The van der Waals surface area contributed by atoms with E-state index >= 15 is 0 Å². The van der Waals surface area contributed by atoms with Crippen LogP contribution in [0.15, 0.2) is 35.2 Å². The van der Waals surface area contributed by atoms with Crippen LogP contribution in [0.25, 0.3) is 0 Å². The molecule has 0 spiro atoms. The number of rotatable bonds is 14. The van der Waals surface area contributed by atoms with E-state index in [1.54, 1.807) is 32.5 Å². The minimum Gasteiger partial charge on any atom is -0.432 e. The molecule has 33 heavy (non-hydrogen) atoms. The highest BCUT2D eigenvalue weighted by Gasteiger charge is 2.30. The summed E-state index contributed by atoms with van der Waals surface area (Å²) in [6.07, 6.45) is -0.293. The number of carbonyl (C=O) groups excluding carboxylic acids is 1. The quantitative estimate of drug-likeness (QED) is 0.130. The fourth-order valence-electron chi connectivity index (χ4n) is 3.15. The lowest BCUT2D eigenvalue weighted by Crippen LogP contribution is -2.47. The van der Waals surface area contributed by atoms with Crippen molar-refractivity contribution in [2.24, 2.45) is 0 Å². The van der Waals surface area contributed by atoms with Crippen molar-refractivity contribution >= 4 is 31.2 Å². The van der Waals surface area contributed by atoms with Crippen molar-refractivity contribution in [2.75, 3.05) is 58.2 Å². The molecule has 1 atom stereocenters. The number of carbonyl (C=O) groups is 1. The lowest BCUT2D eigenvalue weighted by molar-refractivity contribution is -0.0140. The Bertz CT molecular complexity index is 775. The fraction of sp³-hybridized carbons (Fsp3) is 0.636. The number of ether oxygens (including phenoxy) is 2. The second-order valence-corrected chi connectivity index (χ2v) is 11.0. The van der Waals surface area contributed by atoms with Gasteiger partial charge >= 0.3 is 13.8 Å². The van der Waals surface area contributed by atoms with E-state index < -0.39 is 20.5 Å². The molecule has 0 aliphatic carbocycles. The van der Waals surface area contributed by atoms with Crippen LogP contribution < -0.4 is 0 Å². The zero-order valence-electron chi connectivity index (χ0n) is 19.7. The molecule has 0 amide bonds. The molecule has 186 valence electrons. The van der Waals surface area contributed by atoms with Gasteiger partial charge in [0, 0.05) is 49.1 Å². The zero-order chi connectivity index (χ0) is 24.1. The van der Waals surface area contributed by atoms with Gasteiger partial charge in [0.15, 0.2) is 0 Å². The SMILES string of the molecule is CCOP(=O)(CN1CCN(CCC(=N)CSc2ccccc2)CC1)OCOC(=O)OC(C)C. The van der Waals surface area contributed by atoms with Crippen molar-refractivity contribution in [2.45, 2.75) is 38.2 Å². The van der Waals surface area contributed by atoms with Crippen LogP contribution in [-0.4, -0.2) is 85.9 Å². The zero-order valence-corrected chi connectivity index (χ0v) is 21.4. The largest absolute Gasteiger partial charge is 0.510 e. The number of thioether (sulfide) groups is 1. The van der Waals surface area contributed by atoms with Crippen LogP contribution >= 0.6 is 19.4 Å². The summed E-state index contributed by atoms with van der Waals surface area (Å²) in [5, 5.41) is 8.22. The highest BCUT2D eigenvalue weighted by molar-refractivity contribution is 8.00. The van der Waals surface area contributed by atoms with Gasteiger partial charge in [-0.15, -0.1) is 11.8 Å². The number of hydrogen-bond donors (Lipinski definition) is 1. The maximum absolute atomic E-state index is 13.0. The molecule has 1 N–H and O–H groups in total. The highest BCUT2D eigenvalue weighted by Crippen LogP contribution is 2.48. The highest BCUT2D eigenvalue weighted by atomic mass is 32.2. The average molecular weight is 502 g/mol. The first kappa shape index (κ1) is 27.8. The molecule has 0 saturated carbocycles. The first-order valence-corrected chi connectivity index (χ1v) is 13.9. The second kappa shape index (κ2) is 14.8. The predicted octanol–water partition coefficient (Wildman–Crippen LogP) is 4.53. The van der Waals surface area contributed by atoms with Gasteiger partial charge in [0.2, 0.25) is 6.79 Å². The van der Waals surface area contributed by atoms with Gasteiger partial charge < -0.3 is 24.3 Å². The van der Waals surface area contributed by atoms with Gasteiger partial charge in [-0.2, -0.15) is 0 Å². The number of nitrogens with zero attached hydrogens (tertiary/aromatic N) is 2. The van der Waals surface area contributed by atoms with Crippen LogP contribution in [0.5, 0.6) is 0 Å². The van der Waals surface area contributed by atoms with Gasteiger partial charge in [-0.25, -0.2) is 4.79 Å². The summed E-state index contributed by atoms with van der Waals surface area (Å²) in [7, 11) is -3.43. The Morgan fingerprint density at radius 3 is 2.42 bits per heavy atom. The van der Waals surface area contributed by atoms with Crippen molar-refractivity contribution in [1.82, 2.24) is 9.80 Å². The van der Waals surface area contributed by atoms with E-state index in [9.17, 15) is 9.36 Å². The summed E-state index contributed by atoms with van der Waals surface area (Å²) in [5.74, 6) is 0.700. The Morgan fingerprint density at radius 2 is 1.79 bits per heavy atom. The summed E-state index contributed by atoms with van der Waals surface area (Å²) < 4.78 is 33.4. The van der Waals surface area contributed by atoms with Gasteiger partial charge in [0.05, 0.1) is 12.7 Å². The fourth-order valence-corrected chi connectivity index (χ4v) is 5.60. The lowest BCUT2D eigenvalue weighted by atomic mass is 10.2. The summed E-state index contributed by atoms with van der Waals surface area (Å²) in [6.45, 7) is 8.85.